The molecule has 6 nitrogen and oxygen atoms in total. The minimum atomic E-state index is -0.802. The highest BCUT2D eigenvalue weighted by atomic mass is 35.5. The molecule has 1 saturated heterocycles. The highest BCUT2D eigenvalue weighted by molar-refractivity contribution is 6.31. The molecule has 1 atom stereocenters. The zero-order chi connectivity index (χ0) is 18.0. The monoisotopic (exact) mass is 363 g/mol. The number of hydrogen-bond donors (Lipinski definition) is 2. The van der Waals surface area contributed by atoms with Crippen LogP contribution < -0.4 is 10.6 Å². The Morgan fingerprint density at radius 1 is 1.28 bits per heavy atom. The molecule has 0 bridgehead atoms. The molecule has 25 heavy (non-hydrogen) atoms. The Morgan fingerprint density at radius 3 is 2.64 bits per heavy atom. The van der Waals surface area contributed by atoms with Gasteiger partial charge in [0.25, 0.3) is 5.91 Å². The minimum absolute atomic E-state index is 0.277. The van der Waals surface area contributed by atoms with Crippen LogP contribution in [0.2, 0.25) is 5.02 Å². The van der Waals surface area contributed by atoms with Gasteiger partial charge in [-0.25, -0.2) is 4.79 Å². The van der Waals surface area contributed by atoms with E-state index < -0.39 is 11.6 Å². The average Bonchev–Trinajstić information content (AvgIpc) is 2.80. The quantitative estimate of drug-likeness (QED) is 0.807. The first-order chi connectivity index (χ1) is 11.9. The summed E-state index contributed by atoms with van der Waals surface area (Å²) >= 11 is 6.14. The molecule has 3 rings (SSSR count). The van der Waals surface area contributed by atoms with Crippen LogP contribution in [0, 0.1) is 0 Å². The van der Waals surface area contributed by atoms with Crippen LogP contribution in [0.4, 0.5) is 4.79 Å². The van der Waals surface area contributed by atoms with Gasteiger partial charge in [-0.15, -0.1) is 0 Å². The number of hydrogen-bond acceptors (Lipinski definition) is 3. The van der Waals surface area contributed by atoms with E-state index in [-0.39, 0.29) is 24.4 Å². The number of imide groups is 1. The number of amides is 4. The Balaban J connectivity index is 1.64. The van der Waals surface area contributed by atoms with E-state index >= 15 is 0 Å². The van der Waals surface area contributed by atoms with Gasteiger partial charge in [-0.05, 0) is 31.4 Å². The Morgan fingerprint density at radius 2 is 1.96 bits per heavy atom. The summed E-state index contributed by atoms with van der Waals surface area (Å²) < 4.78 is 0. The van der Waals surface area contributed by atoms with E-state index in [2.05, 4.69) is 10.6 Å². The Bertz CT molecular complexity index is 701. The van der Waals surface area contributed by atoms with Crippen molar-refractivity contribution in [2.75, 3.05) is 6.54 Å². The molecule has 1 aromatic carbocycles. The van der Waals surface area contributed by atoms with Crippen LogP contribution in [0.3, 0.4) is 0 Å². The van der Waals surface area contributed by atoms with Crippen molar-refractivity contribution in [2.24, 2.45) is 0 Å². The molecule has 1 aliphatic carbocycles. The van der Waals surface area contributed by atoms with Gasteiger partial charge in [0.05, 0.1) is 6.04 Å². The second-order valence-corrected chi connectivity index (χ2v) is 7.18. The number of nitrogens with one attached hydrogen (secondary N) is 2. The summed E-state index contributed by atoms with van der Waals surface area (Å²) in [5.41, 5.74) is -0.0114. The predicted octanol–water partition coefficient (Wildman–Crippen LogP) is 2.77. The minimum Gasteiger partial charge on any atom is -0.348 e. The van der Waals surface area contributed by atoms with Crippen molar-refractivity contribution in [3.8, 4) is 0 Å². The van der Waals surface area contributed by atoms with Gasteiger partial charge in [-0.3, -0.25) is 14.5 Å². The lowest BCUT2D eigenvalue weighted by atomic mass is 9.82. The van der Waals surface area contributed by atoms with Crippen molar-refractivity contribution in [3.05, 3.63) is 34.9 Å². The topological polar surface area (TPSA) is 78.5 Å². The second-order valence-electron chi connectivity index (χ2n) is 6.77. The molecule has 7 heteroatoms. The van der Waals surface area contributed by atoms with Gasteiger partial charge in [-0.2, -0.15) is 0 Å². The fourth-order valence-corrected chi connectivity index (χ4v) is 3.95. The molecule has 2 aliphatic rings. The van der Waals surface area contributed by atoms with Gasteiger partial charge >= 0.3 is 6.03 Å². The number of urea groups is 1. The lowest BCUT2D eigenvalue weighted by Crippen LogP contribution is -2.49. The number of rotatable bonds is 4. The van der Waals surface area contributed by atoms with Crippen molar-refractivity contribution in [1.82, 2.24) is 15.5 Å². The molecule has 1 aliphatic heterocycles. The van der Waals surface area contributed by atoms with Crippen molar-refractivity contribution >= 4 is 29.4 Å². The van der Waals surface area contributed by atoms with Crippen molar-refractivity contribution < 1.29 is 14.4 Å². The van der Waals surface area contributed by atoms with Gasteiger partial charge in [-0.1, -0.05) is 49.1 Å². The van der Waals surface area contributed by atoms with E-state index in [0.717, 1.165) is 29.7 Å². The number of halogens is 1. The van der Waals surface area contributed by atoms with Crippen LogP contribution in [-0.4, -0.2) is 34.8 Å². The molecule has 2 fully saturated rings. The zero-order valence-electron chi connectivity index (χ0n) is 14.2. The molecule has 2 N–H and O–H groups in total. The molecule has 134 valence electrons. The Hall–Kier alpha value is -2.08. The summed E-state index contributed by atoms with van der Waals surface area (Å²) in [4.78, 5) is 38.2. The molecular formula is C18H22ClN3O3. The molecule has 1 saturated carbocycles. The van der Waals surface area contributed by atoms with E-state index in [4.69, 9.17) is 11.6 Å². The van der Waals surface area contributed by atoms with Crippen LogP contribution in [0.15, 0.2) is 24.3 Å². The van der Waals surface area contributed by atoms with Gasteiger partial charge in [0.2, 0.25) is 5.91 Å². The van der Waals surface area contributed by atoms with Crippen molar-refractivity contribution in [3.63, 3.8) is 0 Å². The van der Waals surface area contributed by atoms with Crippen LogP contribution in [0.25, 0.3) is 0 Å². The van der Waals surface area contributed by atoms with Gasteiger partial charge in [0.15, 0.2) is 0 Å². The van der Waals surface area contributed by atoms with Crippen LogP contribution in [0.5, 0.6) is 0 Å². The fraction of sp³-hybridized carbons (Fsp3) is 0.500. The van der Waals surface area contributed by atoms with Crippen LogP contribution >= 0.6 is 11.6 Å². The summed E-state index contributed by atoms with van der Waals surface area (Å²) in [6.45, 7) is 1.54. The fourth-order valence-electron chi connectivity index (χ4n) is 3.65. The first kappa shape index (κ1) is 17.7. The number of carbonyl (C=O) groups is 3. The standard InChI is InChI=1S/C18H22ClN3O3/c1-12(13-7-3-4-8-14(13)19)20-15(23)11-22-16(24)18(21-17(22)25)9-5-2-6-10-18/h3-4,7-8,12H,2,5-6,9-11H2,1H3,(H,20,23)(H,21,25). The van der Waals surface area contributed by atoms with Gasteiger partial charge in [0.1, 0.15) is 12.1 Å². The van der Waals surface area contributed by atoms with Gasteiger partial charge < -0.3 is 10.6 Å². The number of carbonyl (C=O) groups excluding carboxylic acids is 3. The SMILES string of the molecule is CC(NC(=O)CN1C(=O)NC2(CCCCC2)C1=O)c1ccccc1Cl. The smallest absolute Gasteiger partial charge is 0.325 e. The second kappa shape index (κ2) is 7.04. The summed E-state index contributed by atoms with van der Waals surface area (Å²) in [7, 11) is 0. The molecule has 0 radical (unpaired) electrons. The summed E-state index contributed by atoms with van der Waals surface area (Å²) in [6.07, 6.45) is 4.18. The molecular weight excluding hydrogens is 342 g/mol. The van der Waals surface area contributed by atoms with E-state index in [0.29, 0.717) is 17.9 Å². The number of benzene rings is 1. The third kappa shape index (κ3) is 3.49. The lowest BCUT2D eigenvalue weighted by molar-refractivity contribution is -0.136. The lowest BCUT2D eigenvalue weighted by Gasteiger charge is -2.30. The maximum Gasteiger partial charge on any atom is 0.325 e. The van der Waals surface area contributed by atoms with E-state index in [1.165, 1.54) is 0 Å². The summed E-state index contributed by atoms with van der Waals surface area (Å²) in [6, 6.07) is 6.45. The Kier molecular flexibility index (Phi) is 4.99. The largest absolute Gasteiger partial charge is 0.348 e. The molecule has 1 aromatic rings. The van der Waals surface area contributed by atoms with Crippen LogP contribution in [0.1, 0.15) is 50.6 Å². The molecule has 1 heterocycles. The van der Waals surface area contributed by atoms with Crippen molar-refractivity contribution in [1.29, 1.82) is 0 Å². The first-order valence-electron chi connectivity index (χ1n) is 8.61. The number of nitrogens with zero attached hydrogens (tertiary/aromatic N) is 1. The third-order valence-electron chi connectivity index (χ3n) is 5.00. The van der Waals surface area contributed by atoms with Crippen molar-refractivity contribution in [2.45, 2.75) is 50.6 Å². The maximum atomic E-state index is 12.7. The van der Waals surface area contributed by atoms with E-state index in [1.807, 2.05) is 25.1 Å². The van der Waals surface area contributed by atoms with Gasteiger partial charge in [0, 0.05) is 5.02 Å². The normalized spacial score (nSPS) is 20.5. The van der Waals surface area contributed by atoms with E-state index in [1.54, 1.807) is 6.07 Å². The molecule has 4 amide bonds. The Labute approximate surface area is 151 Å². The summed E-state index contributed by atoms with van der Waals surface area (Å²) in [5.74, 6) is -0.665. The van der Waals surface area contributed by atoms with E-state index in [9.17, 15) is 14.4 Å². The molecule has 0 aromatic heterocycles. The zero-order valence-corrected chi connectivity index (χ0v) is 14.9. The van der Waals surface area contributed by atoms with Crippen LogP contribution in [-0.2, 0) is 9.59 Å². The first-order valence-corrected chi connectivity index (χ1v) is 8.99. The summed E-state index contributed by atoms with van der Waals surface area (Å²) in [5, 5.41) is 6.17. The third-order valence-corrected chi connectivity index (χ3v) is 5.35. The highest BCUT2D eigenvalue weighted by Gasteiger charge is 2.51. The highest BCUT2D eigenvalue weighted by Crippen LogP contribution is 2.33. The average molecular weight is 364 g/mol. The maximum absolute atomic E-state index is 12.7. The molecule has 1 unspecified atom stereocenters. The molecule has 1 spiro atoms. The predicted molar refractivity (Wildman–Crippen MR) is 94.1 cm³/mol.